The molecule has 0 N–H and O–H groups in total. The van der Waals surface area contributed by atoms with Gasteiger partial charge >= 0.3 is 0 Å². The van der Waals surface area contributed by atoms with Crippen molar-refractivity contribution in [2.24, 2.45) is 0 Å². The Morgan fingerprint density at radius 2 is 1.16 bits per heavy atom. The lowest BCUT2D eigenvalue weighted by molar-refractivity contribution is 0.405. The van der Waals surface area contributed by atoms with Crippen LogP contribution in [0.1, 0.15) is 11.7 Å². The van der Waals surface area contributed by atoms with Gasteiger partial charge in [-0.2, -0.15) is 0 Å². The highest BCUT2D eigenvalue weighted by Crippen LogP contribution is 2.40. The Kier molecular flexibility index (Phi) is 4.30. The third kappa shape index (κ3) is 2.93. The summed E-state index contributed by atoms with van der Waals surface area (Å²) >= 11 is 0. The molecule has 0 spiro atoms. The number of nitrogens with zero attached hydrogens (tertiary/aromatic N) is 2. The number of rotatable bonds is 4. The van der Waals surface area contributed by atoms with Crippen LogP contribution in [-0.2, 0) is 0 Å². The predicted molar refractivity (Wildman–Crippen MR) is 103 cm³/mol. The summed E-state index contributed by atoms with van der Waals surface area (Å²) in [5, 5.41) is 0. The third-order valence-corrected chi connectivity index (χ3v) is 4.77. The van der Waals surface area contributed by atoms with Gasteiger partial charge in [-0.05, 0) is 30.3 Å². The summed E-state index contributed by atoms with van der Waals surface area (Å²) in [4.78, 5) is 4.90. The van der Waals surface area contributed by atoms with E-state index in [1.807, 2.05) is 12.1 Å². The lowest BCUT2D eigenvalue weighted by Gasteiger charge is -2.34. The van der Waals surface area contributed by atoms with E-state index in [2.05, 4.69) is 82.6 Å². The Bertz CT molecular complexity index is 772. The number of hydrogen-bond acceptors (Lipinski definition) is 3. The molecular formula is C22H22N2O. The molecule has 3 heteroatoms. The van der Waals surface area contributed by atoms with Crippen molar-refractivity contribution in [1.29, 1.82) is 0 Å². The molecule has 3 aromatic carbocycles. The van der Waals surface area contributed by atoms with E-state index in [1.165, 1.54) is 16.9 Å². The smallest absolute Gasteiger partial charge is 0.132 e. The average molecular weight is 330 g/mol. The molecule has 3 aromatic rings. The first-order valence-electron chi connectivity index (χ1n) is 8.65. The number of benzene rings is 3. The zero-order valence-corrected chi connectivity index (χ0v) is 14.4. The van der Waals surface area contributed by atoms with Crippen LogP contribution in [0.25, 0.3) is 0 Å². The van der Waals surface area contributed by atoms with Crippen LogP contribution in [0.5, 0.6) is 5.75 Å². The van der Waals surface area contributed by atoms with Gasteiger partial charge in [0, 0.05) is 30.0 Å². The van der Waals surface area contributed by atoms with Gasteiger partial charge in [-0.15, -0.1) is 0 Å². The number of anilines is 2. The first kappa shape index (κ1) is 15.6. The van der Waals surface area contributed by atoms with Crippen LogP contribution in [0.2, 0.25) is 0 Å². The summed E-state index contributed by atoms with van der Waals surface area (Å²) in [6.45, 7) is 1.95. The molecule has 0 atom stereocenters. The molecule has 0 bridgehead atoms. The summed E-state index contributed by atoms with van der Waals surface area (Å²) < 4.78 is 5.67. The molecule has 25 heavy (non-hydrogen) atoms. The predicted octanol–water partition coefficient (Wildman–Crippen LogP) is 4.72. The summed E-state index contributed by atoms with van der Waals surface area (Å²) in [6.07, 6.45) is 0.112. The normalized spacial score (nSPS) is 14.8. The monoisotopic (exact) mass is 330 g/mol. The second-order valence-electron chi connectivity index (χ2n) is 6.17. The van der Waals surface area contributed by atoms with Crippen molar-refractivity contribution in [3.63, 3.8) is 0 Å². The van der Waals surface area contributed by atoms with Crippen LogP contribution >= 0.6 is 0 Å². The van der Waals surface area contributed by atoms with Gasteiger partial charge in [-0.1, -0.05) is 54.6 Å². The lowest BCUT2D eigenvalue weighted by atomic mass is 10.1. The number of hydrogen-bond donors (Lipinski definition) is 0. The van der Waals surface area contributed by atoms with Crippen molar-refractivity contribution in [3.05, 3.63) is 90.5 Å². The molecule has 126 valence electrons. The van der Waals surface area contributed by atoms with Crippen molar-refractivity contribution < 1.29 is 4.74 Å². The second-order valence-corrected chi connectivity index (χ2v) is 6.17. The molecule has 0 radical (unpaired) electrons. The van der Waals surface area contributed by atoms with Gasteiger partial charge in [0.15, 0.2) is 0 Å². The van der Waals surface area contributed by atoms with Crippen LogP contribution < -0.4 is 14.5 Å². The quantitative estimate of drug-likeness (QED) is 0.688. The molecule has 1 aliphatic heterocycles. The van der Waals surface area contributed by atoms with Crippen LogP contribution in [0.15, 0.2) is 84.9 Å². The molecule has 1 heterocycles. The first-order valence-corrected chi connectivity index (χ1v) is 8.65. The molecule has 0 amide bonds. The highest BCUT2D eigenvalue weighted by Gasteiger charge is 2.35. The van der Waals surface area contributed by atoms with E-state index in [1.54, 1.807) is 7.11 Å². The Balaban J connectivity index is 1.81. The topological polar surface area (TPSA) is 15.7 Å². The Hall–Kier alpha value is -2.94. The number of para-hydroxylation sites is 3. The Labute approximate surface area is 149 Å². The fourth-order valence-corrected chi connectivity index (χ4v) is 3.62. The molecule has 0 aliphatic carbocycles. The van der Waals surface area contributed by atoms with Crippen LogP contribution in [0.3, 0.4) is 0 Å². The van der Waals surface area contributed by atoms with Gasteiger partial charge in [0.1, 0.15) is 11.9 Å². The minimum Gasteiger partial charge on any atom is -0.496 e. The SMILES string of the molecule is COc1ccccc1C1N(c2ccccc2)CCN1c1ccccc1. The van der Waals surface area contributed by atoms with Crippen LogP contribution in [-0.4, -0.2) is 20.2 Å². The zero-order valence-electron chi connectivity index (χ0n) is 14.4. The van der Waals surface area contributed by atoms with Crippen LogP contribution in [0.4, 0.5) is 11.4 Å². The zero-order chi connectivity index (χ0) is 17.1. The Morgan fingerprint density at radius 3 is 1.68 bits per heavy atom. The van der Waals surface area contributed by atoms with Crippen molar-refractivity contribution in [3.8, 4) is 5.75 Å². The standard InChI is InChI=1S/C22H22N2O/c1-25-21-15-9-8-14-20(21)22-23(18-10-4-2-5-11-18)16-17-24(22)19-12-6-3-7-13-19/h2-15,22H,16-17H2,1H3. The summed E-state index contributed by atoms with van der Waals surface area (Å²) in [6, 6.07) is 29.5. The molecule has 1 aliphatic rings. The van der Waals surface area contributed by atoms with E-state index in [9.17, 15) is 0 Å². The fourth-order valence-electron chi connectivity index (χ4n) is 3.62. The summed E-state index contributed by atoms with van der Waals surface area (Å²) in [7, 11) is 1.74. The van der Waals surface area contributed by atoms with E-state index in [0.717, 1.165) is 18.8 Å². The van der Waals surface area contributed by atoms with Crippen molar-refractivity contribution in [1.82, 2.24) is 0 Å². The number of ether oxygens (including phenoxy) is 1. The van der Waals surface area contributed by atoms with Gasteiger partial charge in [-0.3, -0.25) is 0 Å². The molecular weight excluding hydrogens is 308 g/mol. The maximum absolute atomic E-state index is 5.67. The lowest BCUT2D eigenvalue weighted by Crippen LogP contribution is -2.31. The van der Waals surface area contributed by atoms with Gasteiger partial charge in [0.2, 0.25) is 0 Å². The minimum atomic E-state index is 0.112. The van der Waals surface area contributed by atoms with E-state index < -0.39 is 0 Å². The Morgan fingerprint density at radius 1 is 0.680 bits per heavy atom. The highest BCUT2D eigenvalue weighted by molar-refractivity contribution is 5.60. The molecule has 1 fully saturated rings. The summed E-state index contributed by atoms with van der Waals surface area (Å²) in [5.41, 5.74) is 3.66. The minimum absolute atomic E-state index is 0.112. The van der Waals surface area contributed by atoms with E-state index >= 15 is 0 Å². The van der Waals surface area contributed by atoms with Gasteiger partial charge in [0.05, 0.1) is 7.11 Å². The maximum atomic E-state index is 5.67. The fraction of sp³-hybridized carbons (Fsp3) is 0.182. The highest BCUT2D eigenvalue weighted by atomic mass is 16.5. The van der Waals surface area contributed by atoms with Crippen molar-refractivity contribution >= 4 is 11.4 Å². The maximum Gasteiger partial charge on any atom is 0.132 e. The summed E-state index contributed by atoms with van der Waals surface area (Å²) in [5.74, 6) is 0.927. The third-order valence-electron chi connectivity index (χ3n) is 4.77. The molecule has 0 unspecified atom stereocenters. The van der Waals surface area contributed by atoms with Crippen molar-refractivity contribution in [2.75, 3.05) is 30.0 Å². The first-order chi connectivity index (χ1) is 12.4. The largest absolute Gasteiger partial charge is 0.496 e. The van der Waals surface area contributed by atoms with E-state index in [-0.39, 0.29) is 6.17 Å². The second kappa shape index (κ2) is 6.89. The van der Waals surface area contributed by atoms with Gasteiger partial charge in [0.25, 0.3) is 0 Å². The van der Waals surface area contributed by atoms with Crippen molar-refractivity contribution in [2.45, 2.75) is 6.17 Å². The molecule has 0 aromatic heterocycles. The van der Waals surface area contributed by atoms with Gasteiger partial charge in [-0.25, -0.2) is 0 Å². The molecule has 1 saturated heterocycles. The molecule has 0 saturated carbocycles. The molecule has 3 nitrogen and oxygen atoms in total. The number of methoxy groups -OCH3 is 1. The van der Waals surface area contributed by atoms with E-state index in [4.69, 9.17) is 4.74 Å². The van der Waals surface area contributed by atoms with Crippen LogP contribution in [0, 0.1) is 0 Å². The molecule has 4 rings (SSSR count). The van der Waals surface area contributed by atoms with E-state index in [0.29, 0.717) is 0 Å². The average Bonchev–Trinajstić information content (AvgIpc) is 3.14. The van der Waals surface area contributed by atoms with Gasteiger partial charge < -0.3 is 14.5 Å².